The molecule has 2 saturated heterocycles. The van der Waals surface area contributed by atoms with Crippen LogP contribution in [-0.4, -0.2) is 78.8 Å². The number of alkyl halides is 3. The number of nitrogens with two attached hydrogens (primary N) is 2. The van der Waals surface area contributed by atoms with Gasteiger partial charge in [-0.3, -0.25) is 9.59 Å². The average Bonchev–Trinajstić information content (AvgIpc) is 3.03. The molecule has 1 aromatic carbocycles. The molecule has 4 N–H and O–H groups in total. The molecule has 0 radical (unpaired) electrons. The number of amides is 2. The molecule has 2 fully saturated rings. The molecule has 0 saturated carbocycles. The van der Waals surface area contributed by atoms with Crippen LogP contribution < -0.4 is 16.4 Å². The van der Waals surface area contributed by atoms with Crippen LogP contribution in [0.2, 0.25) is 0 Å². The molecule has 2 aliphatic rings. The number of pyridine rings is 1. The third-order valence-corrected chi connectivity index (χ3v) is 8.99. The lowest BCUT2D eigenvalue weighted by Crippen LogP contribution is -2.61. The molecule has 3 heterocycles. The number of rotatable bonds is 8. The van der Waals surface area contributed by atoms with E-state index in [-0.39, 0.29) is 83.4 Å². The molecule has 0 bridgehead atoms. The second-order valence-corrected chi connectivity index (χ2v) is 11.6. The number of esters is 1. The van der Waals surface area contributed by atoms with Gasteiger partial charge < -0.3 is 30.7 Å². The van der Waals surface area contributed by atoms with Crippen molar-refractivity contribution in [2.45, 2.75) is 47.9 Å². The van der Waals surface area contributed by atoms with Gasteiger partial charge in [0, 0.05) is 45.0 Å². The maximum atomic E-state index is 13.4. The van der Waals surface area contributed by atoms with Gasteiger partial charge in [-0.1, -0.05) is 37.3 Å². The summed E-state index contributed by atoms with van der Waals surface area (Å²) in [6.07, 6.45) is -4.58. The Hall–Kier alpha value is -4.38. The molecule has 0 spiro atoms. The molecule has 45 heavy (non-hydrogen) atoms. The van der Waals surface area contributed by atoms with Crippen molar-refractivity contribution in [3.63, 3.8) is 0 Å². The number of halogens is 3. The van der Waals surface area contributed by atoms with Gasteiger partial charge in [0.15, 0.2) is 0 Å². The first-order valence-corrected chi connectivity index (χ1v) is 14.8. The lowest BCUT2D eigenvalue weighted by Gasteiger charge is -2.41. The van der Waals surface area contributed by atoms with Gasteiger partial charge in [-0.2, -0.15) is 23.7 Å². The summed E-state index contributed by atoms with van der Waals surface area (Å²) < 4.78 is 50.4. The van der Waals surface area contributed by atoms with Crippen LogP contribution in [0.25, 0.3) is 0 Å². The number of anilines is 1. The van der Waals surface area contributed by atoms with E-state index in [0.29, 0.717) is 26.1 Å². The van der Waals surface area contributed by atoms with Crippen LogP contribution in [0.1, 0.15) is 42.0 Å². The summed E-state index contributed by atoms with van der Waals surface area (Å²) in [7, 11) is 0. The maximum absolute atomic E-state index is 13.4. The van der Waals surface area contributed by atoms with Gasteiger partial charge in [-0.15, -0.1) is 0 Å². The van der Waals surface area contributed by atoms with Gasteiger partial charge in [0.25, 0.3) is 10.8 Å². The Kier molecular flexibility index (Phi) is 9.92. The van der Waals surface area contributed by atoms with E-state index >= 15 is 0 Å². The standard InChI is InChI=1S/C29H30F3N7O5S/c1-2-19-20(16-33)22(38-10-12-39(13-11-38)25(41)27(36)8-14-43-15-9-27)37-23(21(19)17-34)45-28(24(35)40,18-6-4-3-5-7-18)44-26(42)29(30,31)32/h3-7H,2,8-15,36H2,1H3,(H2,35,40). The van der Waals surface area contributed by atoms with E-state index in [1.165, 1.54) is 30.3 Å². The summed E-state index contributed by atoms with van der Waals surface area (Å²) in [5, 5.41) is 20.0. The Morgan fingerprint density at radius 1 is 1.07 bits per heavy atom. The van der Waals surface area contributed by atoms with Crippen molar-refractivity contribution in [3.8, 4) is 12.1 Å². The molecular weight excluding hydrogens is 615 g/mol. The van der Waals surface area contributed by atoms with Crippen molar-refractivity contribution < 1.29 is 37.0 Å². The lowest BCUT2D eigenvalue weighted by molar-refractivity contribution is -0.208. The number of nitriles is 2. The highest BCUT2D eigenvalue weighted by atomic mass is 32.2. The van der Waals surface area contributed by atoms with E-state index < -0.39 is 28.5 Å². The van der Waals surface area contributed by atoms with Gasteiger partial charge in [0.1, 0.15) is 23.0 Å². The number of thioether (sulfide) groups is 1. The molecule has 2 amide bonds. The number of primary amides is 1. The Bertz CT molecular complexity index is 1550. The molecule has 1 atom stereocenters. The normalized spacial score (nSPS) is 17.8. The molecule has 1 aromatic heterocycles. The van der Waals surface area contributed by atoms with Crippen molar-refractivity contribution in [1.82, 2.24) is 9.88 Å². The molecule has 238 valence electrons. The summed E-state index contributed by atoms with van der Waals surface area (Å²) in [5.74, 6) is -4.26. The number of hydrogen-bond donors (Lipinski definition) is 2. The van der Waals surface area contributed by atoms with E-state index in [4.69, 9.17) is 20.9 Å². The highest BCUT2D eigenvalue weighted by Gasteiger charge is 2.52. The molecule has 12 nitrogen and oxygen atoms in total. The fourth-order valence-corrected chi connectivity index (χ4v) is 6.38. The fourth-order valence-electron chi connectivity index (χ4n) is 5.24. The number of piperazine rings is 1. The molecular formula is C29H30F3N7O5S. The number of hydrogen-bond acceptors (Lipinski definition) is 11. The Morgan fingerprint density at radius 3 is 2.18 bits per heavy atom. The van der Waals surface area contributed by atoms with Crippen LogP contribution in [-0.2, 0) is 35.2 Å². The highest BCUT2D eigenvalue weighted by Crippen LogP contribution is 2.46. The summed E-state index contributed by atoms with van der Waals surface area (Å²) in [6.45, 7) is 3.29. The van der Waals surface area contributed by atoms with E-state index in [9.17, 15) is 38.1 Å². The first kappa shape index (κ1) is 33.5. The third-order valence-electron chi connectivity index (χ3n) is 7.69. The van der Waals surface area contributed by atoms with Gasteiger partial charge in [-0.25, -0.2) is 9.78 Å². The minimum Gasteiger partial charge on any atom is -0.427 e. The first-order chi connectivity index (χ1) is 21.3. The molecule has 16 heteroatoms. The number of nitrogens with zero attached hydrogens (tertiary/aromatic N) is 5. The number of carbonyl (C=O) groups excluding carboxylic acids is 3. The number of ether oxygens (including phenoxy) is 2. The van der Waals surface area contributed by atoms with E-state index in [1.54, 1.807) is 16.7 Å². The topological polar surface area (TPSA) is 189 Å². The Morgan fingerprint density at radius 2 is 1.67 bits per heavy atom. The van der Waals surface area contributed by atoms with E-state index in [1.807, 2.05) is 6.07 Å². The van der Waals surface area contributed by atoms with Gasteiger partial charge >= 0.3 is 12.1 Å². The Balaban J connectivity index is 1.77. The van der Waals surface area contributed by atoms with Crippen LogP contribution in [0.3, 0.4) is 0 Å². The van der Waals surface area contributed by atoms with Crippen LogP contribution in [0.4, 0.5) is 19.0 Å². The maximum Gasteiger partial charge on any atom is 0.491 e. The zero-order valence-corrected chi connectivity index (χ0v) is 25.0. The molecule has 0 aliphatic carbocycles. The van der Waals surface area contributed by atoms with Crippen molar-refractivity contribution in [2.24, 2.45) is 11.5 Å². The van der Waals surface area contributed by atoms with E-state index in [0.717, 1.165) is 0 Å². The van der Waals surface area contributed by atoms with Gasteiger partial charge in [0.05, 0.1) is 16.7 Å². The third kappa shape index (κ3) is 6.68. The smallest absolute Gasteiger partial charge is 0.427 e. The summed E-state index contributed by atoms with van der Waals surface area (Å²) in [5.41, 5.74) is 10.8. The largest absolute Gasteiger partial charge is 0.491 e. The van der Waals surface area contributed by atoms with Crippen LogP contribution in [0.5, 0.6) is 0 Å². The van der Waals surface area contributed by atoms with Gasteiger partial charge in [-0.05, 0) is 36.6 Å². The minimum atomic E-state index is -5.48. The van der Waals surface area contributed by atoms with Crippen LogP contribution in [0.15, 0.2) is 35.4 Å². The van der Waals surface area contributed by atoms with Gasteiger partial charge in [0.2, 0.25) is 5.91 Å². The second-order valence-electron chi connectivity index (χ2n) is 10.4. The summed E-state index contributed by atoms with van der Waals surface area (Å²) in [6, 6.07) is 10.8. The predicted molar refractivity (Wildman–Crippen MR) is 154 cm³/mol. The lowest BCUT2D eigenvalue weighted by atomic mass is 9.89. The highest BCUT2D eigenvalue weighted by molar-refractivity contribution is 8.00. The molecule has 2 aromatic rings. The average molecular weight is 646 g/mol. The monoisotopic (exact) mass is 645 g/mol. The molecule has 1 unspecified atom stereocenters. The van der Waals surface area contributed by atoms with Crippen LogP contribution in [0, 0.1) is 22.7 Å². The number of benzene rings is 1. The SMILES string of the molecule is CCc1c(C#N)c(SC(OC(=O)C(F)(F)F)(C(N)=O)c2ccccc2)nc(N2CCN(C(=O)C3(N)CCOCC3)CC2)c1C#N. The van der Waals surface area contributed by atoms with Crippen molar-refractivity contribution in [2.75, 3.05) is 44.3 Å². The quantitative estimate of drug-likeness (QED) is 0.243. The minimum absolute atomic E-state index is 0.0505. The van der Waals surface area contributed by atoms with Crippen molar-refractivity contribution in [3.05, 3.63) is 52.6 Å². The zero-order valence-electron chi connectivity index (χ0n) is 24.2. The Labute approximate surface area is 261 Å². The second kappa shape index (κ2) is 13.3. The van der Waals surface area contributed by atoms with E-state index in [2.05, 4.69) is 11.1 Å². The molecule has 2 aliphatic heterocycles. The predicted octanol–water partition coefficient (Wildman–Crippen LogP) is 2.08. The van der Waals surface area contributed by atoms with Crippen molar-refractivity contribution in [1.29, 1.82) is 10.5 Å². The first-order valence-electron chi connectivity index (χ1n) is 13.9. The number of carbonyl (C=O) groups is 3. The summed E-state index contributed by atoms with van der Waals surface area (Å²) >= 11 is 0.263. The zero-order chi connectivity index (χ0) is 33.0. The van der Waals surface area contributed by atoms with Crippen LogP contribution >= 0.6 is 11.8 Å². The number of aromatic nitrogens is 1. The van der Waals surface area contributed by atoms with Crippen molar-refractivity contribution >= 4 is 35.4 Å². The molecule has 4 rings (SSSR count). The fraction of sp³-hybridized carbons (Fsp3) is 0.448. The summed E-state index contributed by atoms with van der Waals surface area (Å²) in [4.78, 5) is 43.3.